The van der Waals surface area contributed by atoms with E-state index in [-0.39, 0.29) is 11.6 Å². The van der Waals surface area contributed by atoms with Gasteiger partial charge in [-0.15, -0.1) is 0 Å². The Bertz CT molecular complexity index is 809. The van der Waals surface area contributed by atoms with Gasteiger partial charge < -0.3 is 10.3 Å². The number of hydrogen-bond donors (Lipinski definition) is 1. The monoisotopic (exact) mass is 287 g/mol. The Morgan fingerprint density at radius 2 is 1.81 bits per heavy atom. The fraction of sp³-hybridized carbons (Fsp3) is 0.188. The van der Waals surface area contributed by atoms with E-state index < -0.39 is 0 Å². The summed E-state index contributed by atoms with van der Waals surface area (Å²) < 4.78 is 28.3. The Hall–Kier alpha value is -2.43. The molecule has 0 saturated carbocycles. The Kier molecular flexibility index (Phi) is 3.33. The van der Waals surface area contributed by atoms with E-state index in [0.29, 0.717) is 29.9 Å². The Balaban J connectivity index is 1.91. The molecular formula is C16H15F2N3. The van der Waals surface area contributed by atoms with E-state index in [1.807, 2.05) is 6.92 Å². The third-order valence-electron chi connectivity index (χ3n) is 3.65. The fourth-order valence-electron chi connectivity index (χ4n) is 2.52. The van der Waals surface area contributed by atoms with Crippen molar-refractivity contribution < 1.29 is 8.78 Å². The molecule has 5 heteroatoms. The number of halogens is 2. The number of aromatic nitrogens is 2. The quantitative estimate of drug-likeness (QED) is 0.802. The minimum absolute atomic E-state index is 0.245. The Morgan fingerprint density at radius 1 is 1.10 bits per heavy atom. The Labute approximate surface area is 121 Å². The number of rotatable bonds is 3. The number of aryl methyl sites for hydroxylation is 3. The van der Waals surface area contributed by atoms with Crippen LogP contribution in [0.25, 0.3) is 11.0 Å². The SMILES string of the molecule is Cc1cc(F)ccc1CCn1c(N)nc2ccc(F)cc21. The molecule has 0 saturated heterocycles. The van der Waals surface area contributed by atoms with Gasteiger partial charge in [0, 0.05) is 6.54 Å². The van der Waals surface area contributed by atoms with Crippen molar-refractivity contribution in [3.05, 3.63) is 59.2 Å². The summed E-state index contributed by atoms with van der Waals surface area (Å²) in [7, 11) is 0. The van der Waals surface area contributed by atoms with Crippen LogP contribution < -0.4 is 5.73 Å². The van der Waals surface area contributed by atoms with Crippen LogP contribution >= 0.6 is 0 Å². The number of nitrogen functional groups attached to an aromatic ring is 1. The molecule has 2 aromatic carbocycles. The first kappa shape index (κ1) is 13.5. The second kappa shape index (κ2) is 5.16. The molecule has 0 aliphatic rings. The number of fused-ring (bicyclic) bond motifs is 1. The van der Waals surface area contributed by atoms with Crippen LogP contribution in [0.1, 0.15) is 11.1 Å². The van der Waals surface area contributed by atoms with E-state index in [9.17, 15) is 8.78 Å². The second-order valence-corrected chi connectivity index (χ2v) is 5.08. The highest BCUT2D eigenvalue weighted by Gasteiger charge is 2.09. The van der Waals surface area contributed by atoms with Gasteiger partial charge in [-0.2, -0.15) is 0 Å². The van der Waals surface area contributed by atoms with Crippen LogP contribution in [0.5, 0.6) is 0 Å². The van der Waals surface area contributed by atoms with E-state index in [0.717, 1.165) is 11.1 Å². The van der Waals surface area contributed by atoms with Gasteiger partial charge in [-0.1, -0.05) is 6.07 Å². The third-order valence-corrected chi connectivity index (χ3v) is 3.65. The van der Waals surface area contributed by atoms with Gasteiger partial charge in [0.25, 0.3) is 0 Å². The number of hydrogen-bond acceptors (Lipinski definition) is 2. The van der Waals surface area contributed by atoms with Crippen molar-refractivity contribution in [1.82, 2.24) is 9.55 Å². The van der Waals surface area contributed by atoms with Crippen LogP contribution in [0.3, 0.4) is 0 Å². The van der Waals surface area contributed by atoms with Crippen molar-refractivity contribution in [1.29, 1.82) is 0 Å². The van der Waals surface area contributed by atoms with Crippen molar-refractivity contribution in [2.45, 2.75) is 19.9 Å². The summed E-state index contributed by atoms with van der Waals surface area (Å²) in [6, 6.07) is 9.11. The zero-order valence-electron chi connectivity index (χ0n) is 11.6. The van der Waals surface area contributed by atoms with Gasteiger partial charge in [-0.3, -0.25) is 0 Å². The lowest BCUT2D eigenvalue weighted by atomic mass is 10.1. The molecule has 0 spiro atoms. The predicted octanol–water partition coefficient (Wildman–Crippen LogP) is 3.45. The molecule has 3 nitrogen and oxygen atoms in total. The van der Waals surface area contributed by atoms with E-state index in [1.54, 1.807) is 16.7 Å². The largest absolute Gasteiger partial charge is 0.369 e. The average Bonchev–Trinajstić information content (AvgIpc) is 2.73. The molecular weight excluding hydrogens is 272 g/mol. The zero-order chi connectivity index (χ0) is 15.0. The van der Waals surface area contributed by atoms with Crippen molar-refractivity contribution in [2.75, 3.05) is 5.73 Å². The second-order valence-electron chi connectivity index (χ2n) is 5.08. The van der Waals surface area contributed by atoms with Crippen LogP contribution in [0, 0.1) is 18.6 Å². The van der Waals surface area contributed by atoms with Gasteiger partial charge in [-0.05, 0) is 54.8 Å². The highest BCUT2D eigenvalue weighted by atomic mass is 19.1. The van der Waals surface area contributed by atoms with Crippen molar-refractivity contribution in [2.24, 2.45) is 0 Å². The summed E-state index contributed by atoms with van der Waals surface area (Å²) in [5.74, 6) is -0.206. The highest BCUT2D eigenvalue weighted by Crippen LogP contribution is 2.20. The number of nitrogens with two attached hydrogens (primary N) is 1. The average molecular weight is 287 g/mol. The van der Waals surface area contributed by atoms with Gasteiger partial charge in [0.2, 0.25) is 5.95 Å². The molecule has 1 aromatic heterocycles. The summed E-state index contributed by atoms with van der Waals surface area (Å²) >= 11 is 0. The molecule has 108 valence electrons. The maximum atomic E-state index is 13.4. The van der Waals surface area contributed by atoms with Gasteiger partial charge in [0.05, 0.1) is 11.0 Å². The van der Waals surface area contributed by atoms with Crippen LogP contribution in [-0.2, 0) is 13.0 Å². The molecule has 2 N–H and O–H groups in total. The molecule has 21 heavy (non-hydrogen) atoms. The molecule has 0 aliphatic heterocycles. The lowest BCUT2D eigenvalue weighted by molar-refractivity contribution is 0.623. The first-order valence-corrected chi connectivity index (χ1v) is 6.71. The lowest BCUT2D eigenvalue weighted by Crippen LogP contribution is -2.06. The Morgan fingerprint density at radius 3 is 2.57 bits per heavy atom. The lowest BCUT2D eigenvalue weighted by Gasteiger charge is -2.09. The van der Waals surface area contributed by atoms with Crippen LogP contribution in [-0.4, -0.2) is 9.55 Å². The summed E-state index contributed by atoms with van der Waals surface area (Å²) in [4.78, 5) is 4.22. The topological polar surface area (TPSA) is 43.8 Å². The number of nitrogens with zero attached hydrogens (tertiary/aromatic N) is 2. The molecule has 0 fully saturated rings. The molecule has 3 aromatic rings. The first-order chi connectivity index (χ1) is 10.0. The minimum Gasteiger partial charge on any atom is -0.369 e. The molecule has 3 rings (SSSR count). The van der Waals surface area contributed by atoms with E-state index in [1.165, 1.54) is 24.3 Å². The first-order valence-electron chi connectivity index (χ1n) is 6.71. The summed E-state index contributed by atoms with van der Waals surface area (Å²) in [5.41, 5.74) is 9.17. The summed E-state index contributed by atoms with van der Waals surface area (Å²) in [5, 5.41) is 0. The van der Waals surface area contributed by atoms with Gasteiger partial charge in [0.15, 0.2) is 0 Å². The van der Waals surface area contributed by atoms with Gasteiger partial charge >= 0.3 is 0 Å². The maximum absolute atomic E-state index is 13.4. The highest BCUT2D eigenvalue weighted by molar-refractivity contribution is 5.78. The number of benzene rings is 2. The van der Waals surface area contributed by atoms with Crippen LogP contribution in [0.15, 0.2) is 36.4 Å². The summed E-state index contributed by atoms with van der Waals surface area (Å²) in [6.07, 6.45) is 0.679. The van der Waals surface area contributed by atoms with E-state index in [2.05, 4.69) is 4.98 Å². The molecule has 0 bridgehead atoms. The van der Waals surface area contributed by atoms with Gasteiger partial charge in [0.1, 0.15) is 11.6 Å². The minimum atomic E-state index is -0.318. The molecule has 0 aliphatic carbocycles. The maximum Gasteiger partial charge on any atom is 0.201 e. The third kappa shape index (κ3) is 2.59. The van der Waals surface area contributed by atoms with E-state index in [4.69, 9.17) is 5.73 Å². The molecule has 0 atom stereocenters. The van der Waals surface area contributed by atoms with E-state index >= 15 is 0 Å². The number of anilines is 1. The fourth-order valence-corrected chi connectivity index (χ4v) is 2.52. The van der Waals surface area contributed by atoms with Crippen molar-refractivity contribution in [3.63, 3.8) is 0 Å². The number of imidazole rings is 1. The molecule has 1 heterocycles. The van der Waals surface area contributed by atoms with Crippen LogP contribution in [0.2, 0.25) is 0 Å². The molecule has 0 unspecified atom stereocenters. The van der Waals surface area contributed by atoms with Crippen molar-refractivity contribution >= 4 is 17.0 Å². The predicted molar refractivity (Wildman–Crippen MR) is 78.9 cm³/mol. The summed E-state index contributed by atoms with van der Waals surface area (Å²) in [6.45, 7) is 2.44. The molecule has 0 radical (unpaired) electrons. The smallest absolute Gasteiger partial charge is 0.201 e. The van der Waals surface area contributed by atoms with Crippen LogP contribution in [0.4, 0.5) is 14.7 Å². The molecule has 0 amide bonds. The zero-order valence-corrected chi connectivity index (χ0v) is 11.6. The van der Waals surface area contributed by atoms with Crippen molar-refractivity contribution in [3.8, 4) is 0 Å². The normalized spacial score (nSPS) is 11.2. The standard InChI is InChI=1S/C16H15F2N3/c1-10-8-12(17)3-2-11(10)6-7-21-15-9-13(18)4-5-14(15)20-16(21)19/h2-5,8-9H,6-7H2,1H3,(H2,19,20). The van der Waals surface area contributed by atoms with Gasteiger partial charge in [-0.25, -0.2) is 13.8 Å².